The van der Waals surface area contributed by atoms with E-state index in [2.05, 4.69) is 10.6 Å². The van der Waals surface area contributed by atoms with Crippen molar-refractivity contribution >= 4 is 23.7 Å². The lowest BCUT2D eigenvalue weighted by Crippen LogP contribution is -2.28. The zero-order valence-corrected chi connectivity index (χ0v) is 18.1. The van der Waals surface area contributed by atoms with E-state index in [4.69, 9.17) is 14.2 Å². The van der Waals surface area contributed by atoms with Crippen LogP contribution in [0, 0.1) is 0 Å². The van der Waals surface area contributed by atoms with Gasteiger partial charge in [-0.05, 0) is 61.0 Å². The first kappa shape index (κ1) is 23.3. The van der Waals surface area contributed by atoms with E-state index in [-0.39, 0.29) is 30.8 Å². The Morgan fingerprint density at radius 1 is 0.818 bits per heavy atom. The van der Waals surface area contributed by atoms with Crippen molar-refractivity contribution in [3.63, 3.8) is 0 Å². The van der Waals surface area contributed by atoms with E-state index in [0.29, 0.717) is 23.5 Å². The van der Waals surface area contributed by atoms with E-state index in [9.17, 15) is 14.4 Å². The van der Waals surface area contributed by atoms with Gasteiger partial charge in [0.1, 0.15) is 11.5 Å². The predicted octanol–water partition coefficient (Wildman–Crippen LogP) is 4.17. The molecule has 0 saturated carbocycles. The summed E-state index contributed by atoms with van der Waals surface area (Å²) in [6.45, 7) is 2.17. The van der Waals surface area contributed by atoms with E-state index in [0.717, 1.165) is 5.56 Å². The molecule has 33 heavy (non-hydrogen) atoms. The van der Waals surface area contributed by atoms with Crippen molar-refractivity contribution in [1.29, 1.82) is 0 Å². The van der Waals surface area contributed by atoms with Gasteiger partial charge in [0.2, 0.25) is 0 Å². The first-order chi connectivity index (χ1) is 16.0. The normalized spacial score (nSPS) is 10.1. The lowest BCUT2D eigenvalue weighted by Gasteiger charge is -2.09. The van der Waals surface area contributed by atoms with Gasteiger partial charge in [-0.25, -0.2) is 4.79 Å². The summed E-state index contributed by atoms with van der Waals surface area (Å²) in [4.78, 5) is 35.7. The average molecular weight is 448 g/mol. The molecule has 8 nitrogen and oxygen atoms in total. The molecule has 3 rings (SSSR count). The van der Waals surface area contributed by atoms with Crippen molar-refractivity contribution < 1.29 is 28.6 Å². The molecular weight excluding hydrogens is 424 g/mol. The van der Waals surface area contributed by atoms with Crippen LogP contribution in [0.2, 0.25) is 0 Å². The van der Waals surface area contributed by atoms with Crippen LogP contribution in [0.4, 0.5) is 10.5 Å². The smallest absolute Gasteiger partial charge is 0.484 e. The van der Waals surface area contributed by atoms with Gasteiger partial charge in [0.15, 0.2) is 6.61 Å². The summed E-state index contributed by atoms with van der Waals surface area (Å²) in [6.07, 6.45) is -0.797. The van der Waals surface area contributed by atoms with Gasteiger partial charge in [0.05, 0.1) is 6.61 Å². The number of carbonyl (C=O) groups is 3. The molecule has 3 aromatic rings. The highest BCUT2D eigenvalue weighted by Crippen LogP contribution is 2.16. The Bertz CT molecular complexity index is 1070. The van der Waals surface area contributed by atoms with Crippen molar-refractivity contribution in [2.45, 2.75) is 13.5 Å². The van der Waals surface area contributed by atoms with E-state index < -0.39 is 6.16 Å². The van der Waals surface area contributed by atoms with Gasteiger partial charge >= 0.3 is 6.16 Å². The monoisotopic (exact) mass is 448 g/mol. The molecule has 0 fully saturated rings. The number of carbonyl (C=O) groups excluding carboxylic acids is 3. The molecule has 0 aliphatic carbocycles. The lowest BCUT2D eigenvalue weighted by molar-refractivity contribution is -0.123. The number of nitrogens with one attached hydrogen (secondary N) is 2. The summed E-state index contributed by atoms with van der Waals surface area (Å²) in [5.41, 5.74) is 1.89. The zero-order valence-electron chi connectivity index (χ0n) is 18.1. The van der Waals surface area contributed by atoms with Gasteiger partial charge in [-0.3, -0.25) is 9.59 Å². The molecule has 0 saturated heterocycles. The van der Waals surface area contributed by atoms with Gasteiger partial charge < -0.3 is 24.8 Å². The fourth-order valence-electron chi connectivity index (χ4n) is 2.74. The second-order valence-electron chi connectivity index (χ2n) is 6.84. The zero-order chi connectivity index (χ0) is 23.5. The van der Waals surface area contributed by atoms with E-state index >= 15 is 0 Å². The molecule has 0 radical (unpaired) electrons. The van der Waals surface area contributed by atoms with Crippen LogP contribution in [0.1, 0.15) is 22.8 Å². The third kappa shape index (κ3) is 7.70. The van der Waals surface area contributed by atoms with E-state index in [1.54, 1.807) is 43.3 Å². The molecule has 2 N–H and O–H groups in total. The largest absolute Gasteiger partial charge is 0.513 e. The van der Waals surface area contributed by atoms with Crippen LogP contribution in [0.3, 0.4) is 0 Å². The maximum absolute atomic E-state index is 12.4. The molecule has 3 aromatic carbocycles. The summed E-state index contributed by atoms with van der Waals surface area (Å²) in [5, 5.41) is 5.58. The Morgan fingerprint density at radius 2 is 1.52 bits per heavy atom. The number of para-hydroxylation sites is 1. The van der Waals surface area contributed by atoms with Gasteiger partial charge in [0.25, 0.3) is 11.8 Å². The van der Waals surface area contributed by atoms with Crippen molar-refractivity contribution in [2.24, 2.45) is 0 Å². The minimum atomic E-state index is -0.797. The molecule has 0 aromatic heterocycles. The number of hydrogen-bond donors (Lipinski definition) is 2. The summed E-state index contributed by atoms with van der Waals surface area (Å²) in [6, 6.07) is 22.3. The van der Waals surface area contributed by atoms with Gasteiger partial charge in [-0.1, -0.05) is 30.3 Å². The van der Waals surface area contributed by atoms with Crippen LogP contribution in [0.15, 0.2) is 78.9 Å². The minimum absolute atomic E-state index is 0.0677. The maximum atomic E-state index is 12.4. The third-order valence-electron chi connectivity index (χ3n) is 4.39. The Morgan fingerprint density at radius 3 is 2.18 bits per heavy atom. The van der Waals surface area contributed by atoms with Crippen molar-refractivity contribution in [3.05, 3.63) is 90.0 Å². The molecule has 0 bridgehead atoms. The first-order valence-electron chi connectivity index (χ1n) is 10.3. The van der Waals surface area contributed by atoms with E-state index in [1.807, 2.05) is 30.3 Å². The Hall–Kier alpha value is -4.33. The Kier molecular flexibility index (Phi) is 8.41. The fourth-order valence-corrected chi connectivity index (χ4v) is 2.74. The van der Waals surface area contributed by atoms with Gasteiger partial charge in [-0.2, -0.15) is 0 Å². The van der Waals surface area contributed by atoms with E-state index in [1.165, 1.54) is 12.1 Å². The highest BCUT2D eigenvalue weighted by molar-refractivity contribution is 6.04. The van der Waals surface area contributed by atoms with Crippen LogP contribution >= 0.6 is 0 Å². The minimum Gasteiger partial charge on any atom is -0.484 e. The molecule has 0 heterocycles. The van der Waals surface area contributed by atoms with Crippen LogP contribution in [0.25, 0.3) is 0 Å². The van der Waals surface area contributed by atoms with Crippen LogP contribution in [0.5, 0.6) is 11.5 Å². The highest BCUT2D eigenvalue weighted by Gasteiger charge is 2.09. The fraction of sp³-hybridized carbons (Fsp3) is 0.160. The molecule has 0 atom stereocenters. The topological polar surface area (TPSA) is 103 Å². The van der Waals surface area contributed by atoms with Crippen molar-refractivity contribution in [2.75, 3.05) is 18.5 Å². The summed E-state index contributed by atoms with van der Waals surface area (Å²) in [7, 11) is 0. The van der Waals surface area contributed by atoms with Gasteiger partial charge in [-0.15, -0.1) is 0 Å². The standard InChI is InChI=1S/C25H24N2O6/c1-2-31-25(30)33-22-14-10-19(11-15-22)24(29)27-20-12-8-18(9-13-20)16-26-23(28)17-32-21-6-4-3-5-7-21/h3-15H,2,16-17H2,1H3,(H,26,28)(H,27,29). The summed E-state index contributed by atoms with van der Waals surface area (Å²) < 4.78 is 15.1. The Balaban J connectivity index is 1.44. The summed E-state index contributed by atoms with van der Waals surface area (Å²) in [5.74, 6) is 0.378. The molecule has 0 aliphatic rings. The number of anilines is 1. The SMILES string of the molecule is CCOC(=O)Oc1ccc(C(=O)Nc2ccc(CNC(=O)COc3ccccc3)cc2)cc1. The lowest BCUT2D eigenvalue weighted by atomic mass is 10.1. The third-order valence-corrected chi connectivity index (χ3v) is 4.39. The average Bonchev–Trinajstić information content (AvgIpc) is 2.83. The number of hydrogen-bond acceptors (Lipinski definition) is 6. The second kappa shape index (κ2) is 11.9. The quantitative estimate of drug-likeness (QED) is 0.376. The predicted molar refractivity (Wildman–Crippen MR) is 122 cm³/mol. The Labute approximate surface area is 191 Å². The second-order valence-corrected chi connectivity index (χ2v) is 6.84. The molecule has 0 unspecified atom stereocenters. The molecule has 0 aliphatic heterocycles. The number of benzene rings is 3. The van der Waals surface area contributed by atoms with Crippen molar-refractivity contribution in [3.8, 4) is 11.5 Å². The number of amides is 2. The van der Waals surface area contributed by atoms with Gasteiger partial charge in [0, 0.05) is 17.8 Å². The van der Waals surface area contributed by atoms with Crippen molar-refractivity contribution in [1.82, 2.24) is 5.32 Å². The summed E-state index contributed by atoms with van der Waals surface area (Å²) >= 11 is 0. The van der Waals surface area contributed by atoms with Crippen LogP contribution < -0.4 is 20.1 Å². The molecule has 2 amide bonds. The first-order valence-corrected chi connectivity index (χ1v) is 10.3. The molecule has 8 heteroatoms. The maximum Gasteiger partial charge on any atom is 0.513 e. The molecule has 0 spiro atoms. The molecule has 170 valence electrons. The van der Waals surface area contributed by atoms with Crippen LogP contribution in [-0.4, -0.2) is 31.2 Å². The highest BCUT2D eigenvalue weighted by atomic mass is 16.7. The van der Waals surface area contributed by atoms with Crippen LogP contribution in [-0.2, 0) is 16.1 Å². The number of ether oxygens (including phenoxy) is 3. The number of rotatable bonds is 9. The molecular formula is C25H24N2O6.